The summed E-state index contributed by atoms with van der Waals surface area (Å²) in [6, 6.07) is 4.71. The summed E-state index contributed by atoms with van der Waals surface area (Å²) in [4.78, 5) is 14.3. The van der Waals surface area contributed by atoms with Crippen LogP contribution in [0.1, 0.15) is 19.8 Å². The molecule has 146 valence electrons. The molecule has 7 nitrogen and oxygen atoms in total. The van der Waals surface area contributed by atoms with E-state index in [2.05, 4.69) is 5.32 Å². The van der Waals surface area contributed by atoms with Gasteiger partial charge in [-0.1, -0.05) is 0 Å². The van der Waals surface area contributed by atoms with Gasteiger partial charge < -0.3 is 19.7 Å². The summed E-state index contributed by atoms with van der Waals surface area (Å²) in [7, 11) is -3.56. The third kappa shape index (κ3) is 4.81. The number of piperazine rings is 1. The number of halogens is 1. The third-order valence-electron chi connectivity index (χ3n) is 4.48. The van der Waals surface area contributed by atoms with Gasteiger partial charge in [0.1, 0.15) is 0 Å². The lowest BCUT2D eigenvalue weighted by Gasteiger charge is -2.34. The Labute approximate surface area is 160 Å². The molecule has 0 saturated carbocycles. The van der Waals surface area contributed by atoms with Crippen molar-refractivity contribution in [1.82, 2.24) is 10.2 Å². The summed E-state index contributed by atoms with van der Waals surface area (Å²) in [5.41, 5.74) is 0. The van der Waals surface area contributed by atoms with Gasteiger partial charge in [-0.3, -0.25) is 4.79 Å². The van der Waals surface area contributed by atoms with Crippen molar-refractivity contribution in [1.29, 1.82) is 0 Å². The fourth-order valence-corrected chi connectivity index (χ4v) is 4.27. The molecule has 2 heterocycles. The fourth-order valence-electron chi connectivity index (χ4n) is 3.03. The molecule has 2 aliphatic rings. The van der Waals surface area contributed by atoms with Crippen molar-refractivity contribution >= 4 is 28.2 Å². The molecule has 1 aromatic rings. The maximum Gasteiger partial charge on any atom is 0.223 e. The molecule has 0 aliphatic carbocycles. The van der Waals surface area contributed by atoms with E-state index in [1.54, 1.807) is 11.0 Å². The maximum absolute atomic E-state index is 12.6. The number of sulfone groups is 1. The van der Waals surface area contributed by atoms with Crippen LogP contribution in [0.25, 0.3) is 0 Å². The van der Waals surface area contributed by atoms with Crippen LogP contribution in [0.2, 0.25) is 0 Å². The van der Waals surface area contributed by atoms with E-state index in [-0.39, 0.29) is 41.4 Å². The van der Waals surface area contributed by atoms with E-state index in [4.69, 9.17) is 9.47 Å². The maximum atomic E-state index is 12.6. The smallest absolute Gasteiger partial charge is 0.223 e. The molecule has 1 N–H and O–H groups in total. The van der Waals surface area contributed by atoms with E-state index in [0.717, 1.165) is 19.5 Å². The number of hydrogen-bond donors (Lipinski definition) is 1. The van der Waals surface area contributed by atoms with Gasteiger partial charge in [0.2, 0.25) is 5.91 Å². The Balaban J connectivity index is 0.00000243. The Kier molecular flexibility index (Phi) is 7.14. The molecule has 1 saturated heterocycles. The van der Waals surface area contributed by atoms with Crippen LogP contribution in [0.15, 0.2) is 23.1 Å². The molecule has 1 atom stereocenters. The lowest BCUT2D eigenvalue weighted by atomic mass is 10.2. The highest BCUT2D eigenvalue weighted by Crippen LogP contribution is 2.32. The molecule has 3 rings (SSSR count). The van der Waals surface area contributed by atoms with Gasteiger partial charge in [-0.15, -0.1) is 12.4 Å². The molecule has 1 fully saturated rings. The number of hydrogen-bond acceptors (Lipinski definition) is 6. The van der Waals surface area contributed by atoms with Crippen molar-refractivity contribution in [2.45, 2.75) is 30.7 Å². The minimum absolute atomic E-state index is 0. The van der Waals surface area contributed by atoms with E-state index in [9.17, 15) is 13.2 Å². The number of carbonyl (C=O) groups is 1. The number of nitrogens with zero attached hydrogens (tertiary/aromatic N) is 1. The summed E-state index contributed by atoms with van der Waals surface area (Å²) in [6.07, 6.45) is 0.745. The van der Waals surface area contributed by atoms with Crippen molar-refractivity contribution < 1.29 is 22.7 Å². The SMILES string of the molecule is C[C@@H]1CNCCN1C(=O)CCS(=O)(=O)c1ccc2c(c1)OCCCO2.Cl. The first-order chi connectivity index (χ1) is 12.0. The number of carbonyl (C=O) groups excluding carboxylic acids is 1. The van der Waals surface area contributed by atoms with Crippen LogP contribution >= 0.6 is 12.4 Å². The number of fused-ring (bicyclic) bond motifs is 1. The summed E-state index contributed by atoms with van der Waals surface area (Å²) < 4.78 is 36.3. The Morgan fingerprint density at radius 2 is 2.00 bits per heavy atom. The van der Waals surface area contributed by atoms with Gasteiger partial charge in [-0.2, -0.15) is 0 Å². The Morgan fingerprint density at radius 3 is 2.73 bits per heavy atom. The molecule has 26 heavy (non-hydrogen) atoms. The highest BCUT2D eigenvalue weighted by atomic mass is 35.5. The van der Waals surface area contributed by atoms with E-state index in [1.165, 1.54) is 12.1 Å². The first-order valence-corrected chi connectivity index (χ1v) is 10.3. The zero-order valence-corrected chi connectivity index (χ0v) is 16.4. The second-order valence-electron chi connectivity index (χ2n) is 6.37. The van der Waals surface area contributed by atoms with Gasteiger partial charge in [-0.05, 0) is 19.1 Å². The van der Waals surface area contributed by atoms with Gasteiger partial charge in [-0.25, -0.2) is 8.42 Å². The van der Waals surface area contributed by atoms with Gasteiger partial charge in [0.05, 0.1) is 23.9 Å². The summed E-state index contributed by atoms with van der Waals surface area (Å²) in [5.74, 6) is 0.678. The highest BCUT2D eigenvalue weighted by molar-refractivity contribution is 7.91. The summed E-state index contributed by atoms with van der Waals surface area (Å²) in [6.45, 7) is 5.10. The zero-order chi connectivity index (χ0) is 17.9. The Morgan fingerprint density at radius 1 is 1.27 bits per heavy atom. The normalized spacial score (nSPS) is 20.0. The van der Waals surface area contributed by atoms with Crippen LogP contribution in [0.5, 0.6) is 11.5 Å². The lowest BCUT2D eigenvalue weighted by Crippen LogP contribution is -2.52. The van der Waals surface area contributed by atoms with Crippen LogP contribution in [0.4, 0.5) is 0 Å². The van der Waals surface area contributed by atoms with Crippen molar-refractivity contribution in [2.24, 2.45) is 0 Å². The molecular weight excluding hydrogens is 380 g/mol. The molecule has 1 amide bonds. The van der Waals surface area contributed by atoms with E-state index < -0.39 is 9.84 Å². The molecule has 0 spiro atoms. The number of benzene rings is 1. The lowest BCUT2D eigenvalue weighted by molar-refractivity contribution is -0.133. The van der Waals surface area contributed by atoms with Gasteiger partial charge in [0, 0.05) is 44.6 Å². The molecular formula is C17H25ClN2O5S. The third-order valence-corrected chi connectivity index (χ3v) is 6.20. The number of rotatable bonds is 4. The standard InChI is InChI=1S/C17H24N2O5S.ClH/c1-13-12-18-6-7-19(13)17(20)5-10-25(21,22)14-3-4-15-16(11-14)24-9-2-8-23-15;/h3-4,11,13,18H,2,5-10,12H2,1H3;1H/t13-;/m1./s1. The zero-order valence-electron chi connectivity index (χ0n) is 14.8. The van der Waals surface area contributed by atoms with Crippen LogP contribution in [-0.2, 0) is 14.6 Å². The van der Waals surface area contributed by atoms with Gasteiger partial charge in [0.15, 0.2) is 21.3 Å². The molecule has 1 aromatic carbocycles. The van der Waals surface area contributed by atoms with Crippen molar-refractivity contribution in [3.05, 3.63) is 18.2 Å². The second-order valence-corrected chi connectivity index (χ2v) is 8.48. The predicted molar refractivity (Wildman–Crippen MR) is 100 cm³/mol. The highest BCUT2D eigenvalue weighted by Gasteiger charge is 2.25. The molecule has 0 radical (unpaired) electrons. The summed E-state index contributed by atoms with van der Waals surface area (Å²) >= 11 is 0. The molecule has 9 heteroatoms. The predicted octanol–water partition coefficient (Wildman–Crippen LogP) is 1.25. The van der Waals surface area contributed by atoms with Crippen LogP contribution in [0.3, 0.4) is 0 Å². The van der Waals surface area contributed by atoms with Crippen LogP contribution in [-0.4, -0.2) is 63.9 Å². The van der Waals surface area contributed by atoms with E-state index in [1.807, 2.05) is 6.92 Å². The van der Waals surface area contributed by atoms with Crippen molar-refractivity contribution in [3.63, 3.8) is 0 Å². The summed E-state index contributed by atoms with van der Waals surface area (Å²) in [5, 5.41) is 3.21. The minimum atomic E-state index is -3.56. The first kappa shape index (κ1) is 20.8. The van der Waals surface area contributed by atoms with E-state index in [0.29, 0.717) is 31.3 Å². The molecule has 0 unspecified atom stereocenters. The Bertz CT molecular complexity index is 741. The number of amides is 1. The number of nitrogens with one attached hydrogen (secondary N) is 1. The minimum Gasteiger partial charge on any atom is -0.490 e. The monoisotopic (exact) mass is 404 g/mol. The van der Waals surface area contributed by atoms with Gasteiger partial charge >= 0.3 is 0 Å². The quantitative estimate of drug-likeness (QED) is 0.813. The average molecular weight is 405 g/mol. The molecule has 0 aromatic heterocycles. The van der Waals surface area contributed by atoms with Gasteiger partial charge in [0.25, 0.3) is 0 Å². The Hall–Kier alpha value is -1.51. The van der Waals surface area contributed by atoms with Crippen LogP contribution < -0.4 is 14.8 Å². The second kappa shape index (κ2) is 8.92. The largest absolute Gasteiger partial charge is 0.490 e. The van der Waals surface area contributed by atoms with Crippen molar-refractivity contribution in [3.8, 4) is 11.5 Å². The van der Waals surface area contributed by atoms with Crippen molar-refractivity contribution in [2.75, 3.05) is 38.6 Å². The fraction of sp³-hybridized carbons (Fsp3) is 0.588. The van der Waals surface area contributed by atoms with E-state index >= 15 is 0 Å². The van der Waals surface area contributed by atoms with Crippen LogP contribution in [0, 0.1) is 0 Å². The molecule has 2 aliphatic heterocycles. The average Bonchev–Trinajstić information content (AvgIpc) is 2.85. The molecule has 0 bridgehead atoms. The topological polar surface area (TPSA) is 84.9 Å². The number of ether oxygens (including phenoxy) is 2. The first-order valence-electron chi connectivity index (χ1n) is 8.60.